The third-order valence-corrected chi connectivity index (χ3v) is 4.30. The SMILES string of the molecule is CCC(C)NC(=O)C(C)OCC1CCCCC1CN. The van der Waals surface area contributed by atoms with E-state index in [1.807, 2.05) is 13.8 Å². The van der Waals surface area contributed by atoms with E-state index in [1.165, 1.54) is 25.7 Å². The van der Waals surface area contributed by atoms with E-state index in [1.54, 1.807) is 0 Å². The number of ether oxygens (including phenoxy) is 1. The van der Waals surface area contributed by atoms with Crippen LogP contribution in [-0.4, -0.2) is 31.2 Å². The minimum atomic E-state index is -0.366. The van der Waals surface area contributed by atoms with Gasteiger partial charge < -0.3 is 15.8 Å². The van der Waals surface area contributed by atoms with Gasteiger partial charge in [-0.25, -0.2) is 0 Å². The molecule has 0 bridgehead atoms. The lowest BCUT2D eigenvalue weighted by Crippen LogP contribution is -2.41. The van der Waals surface area contributed by atoms with E-state index in [4.69, 9.17) is 10.5 Å². The van der Waals surface area contributed by atoms with Gasteiger partial charge in [0.15, 0.2) is 0 Å². The van der Waals surface area contributed by atoms with E-state index >= 15 is 0 Å². The molecule has 1 aliphatic carbocycles. The molecule has 1 aliphatic rings. The fraction of sp³-hybridized carbons (Fsp3) is 0.933. The molecule has 0 spiro atoms. The summed E-state index contributed by atoms with van der Waals surface area (Å²) in [5, 5.41) is 2.95. The molecule has 0 radical (unpaired) electrons. The molecule has 3 N–H and O–H groups in total. The summed E-state index contributed by atoms with van der Waals surface area (Å²) in [5.74, 6) is 1.09. The quantitative estimate of drug-likeness (QED) is 0.744. The first-order valence-corrected chi connectivity index (χ1v) is 7.70. The molecule has 1 amide bonds. The number of carbonyl (C=O) groups excluding carboxylic acids is 1. The molecule has 19 heavy (non-hydrogen) atoms. The van der Waals surface area contributed by atoms with Crippen LogP contribution in [0.25, 0.3) is 0 Å². The molecule has 0 aromatic rings. The number of amides is 1. The standard InChI is InChI=1S/C15H30N2O2/c1-4-11(2)17-15(18)12(3)19-10-14-8-6-5-7-13(14)9-16/h11-14H,4-10,16H2,1-3H3,(H,17,18). The van der Waals surface area contributed by atoms with E-state index in [0.717, 1.165) is 13.0 Å². The average Bonchev–Trinajstić information content (AvgIpc) is 2.44. The molecule has 112 valence electrons. The third-order valence-electron chi connectivity index (χ3n) is 4.30. The molecule has 4 heteroatoms. The Bertz CT molecular complexity index is 271. The summed E-state index contributed by atoms with van der Waals surface area (Å²) >= 11 is 0. The predicted molar refractivity (Wildman–Crippen MR) is 77.8 cm³/mol. The van der Waals surface area contributed by atoms with Crippen molar-refractivity contribution in [2.45, 2.75) is 65.0 Å². The maximum absolute atomic E-state index is 11.9. The summed E-state index contributed by atoms with van der Waals surface area (Å²) < 4.78 is 5.75. The summed E-state index contributed by atoms with van der Waals surface area (Å²) in [6.07, 6.45) is 5.50. The minimum absolute atomic E-state index is 0.00513. The number of nitrogens with one attached hydrogen (secondary N) is 1. The van der Waals surface area contributed by atoms with Gasteiger partial charge in [0.25, 0.3) is 0 Å². The van der Waals surface area contributed by atoms with Crippen LogP contribution in [0.5, 0.6) is 0 Å². The van der Waals surface area contributed by atoms with Crippen molar-refractivity contribution in [3.8, 4) is 0 Å². The summed E-state index contributed by atoms with van der Waals surface area (Å²) in [6.45, 7) is 7.30. The van der Waals surface area contributed by atoms with E-state index in [0.29, 0.717) is 18.4 Å². The predicted octanol–water partition coefficient (Wildman–Crippen LogP) is 2.07. The summed E-state index contributed by atoms with van der Waals surface area (Å²) in [7, 11) is 0. The Morgan fingerprint density at radius 3 is 2.53 bits per heavy atom. The van der Waals surface area contributed by atoms with Crippen LogP contribution in [0.1, 0.15) is 52.9 Å². The second-order valence-corrected chi connectivity index (χ2v) is 5.83. The highest BCUT2D eigenvalue weighted by Gasteiger charge is 2.25. The lowest BCUT2D eigenvalue weighted by atomic mass is 9.80. The second-order valence-electron chi connectivity index (χ2n) is 5.83. The number of hydrogen-bond donors (Lipinski definition) is 2. The minimum Gasteiger partial charge on any atom is -0.368 e. The van der Waals surface area contributed by atoms with E-state index < -0.39 is 0 Å². The van der Waals surface area contributed by atoms with Gasteiger partial charge in [-0.3, -0.25) is 4.79 Å². The number of carbonyl (C=O) groups is 1. The van der Waals surface area contributed by atoms with Crippen LogP contribution in [0.2, 0.25) is 0 Å². The van der Waals surface area contributed by atoms with E-state index in [2.05, 4.69) is 12.2 Å². The lowest BCUT2D eigenvalue weighted by molar-refractivity contribution is -0.133. The first kappa shape index (κ1) is 16.4. The van der Waals surface area contributed by atoms with Gasteiger partial charge in [0, 0.05) is 6.04 Å². The Morgan fingerprint density at radius 1 is 1.32 bits per heavy atom. The summed E-state index contributed by atoms with van der Waals surface area (Å²) in [6, 6.07) is 0.213. The fourth-order valence-corrected chi connectivity index (χ4v) is 2.62. The van der Waals surface area contributed by atoms with Crippen molar-refractivity contribution in [3.05, 3.63) is 0 Å². The normalized spacial score (nSPS) is 26.7. The van der Waals surface area contributed by atoms with Crippen LogP contribution >= 0.6 is 0 Å². The van der Waals surface area contributed by atoms with Gasteiger partial charge in [0.1, 0.15) is 6.10 Å². The van der Waals surface area contributed by atoms with Crippen molar-refractivity contribution in [1.29, 1.82) is 0 Å². The molecule has 0 saturated heterocycles. The maximum atomic E-state index is 11.9. The molecule has 1 saturated carbocycles. The summed E-state index contributed by atoms with van der Waals surface area (Å²) in [4.78, 5) is 11.9. The van der Waals surface area contributed by atoms with Crippen molar-refractivity contribution >= 4 is 5.91 Å². The van der Waals surface area contributed by atoms with Crippen molar-refractivity contribution in [2.24, 2.45) is 17.6 Å². The first-order chi connectivity index (χ1) is 9.08. The van der Waals surface area contributed by atoms with Gasteiger partial charge in [0.05, 0.1) is 6.61 Å². The number of nitrogens with two attached hydrogens (primary N) is 1. The highest BCUT2D eigenvalue weighted by molar-refractivity contribution is 5.80. The smallest absolute Gasteiger partial charge is 0.249 e. The van der Waals surface area contributed by atoms with Gasteiger partial charge in [-0.2, -0.15) is 0 Å². The molecule has 4 unspecified atom stereocenters. The van der Waals surface area contributed by atoms with Crippen LogP contribution in [-0.2, 0) is 9.53 Å². The largest absolute Gasteiger partial charge is 0.368 e. The third kappa shape index (κ3) is 5.49. The zero-order valence-electron chi connectivity index (χ0n) is 12.7. The van der Waals surface area contributed by atoms with Gasteiger partial charge in [0.2, 0.25) is 5.91 Å². The second kappa shape index (κ2) is 8.54. The zero-order valence-corrected chi connectivity index (χ0v) is 12.7. The molecule has 4 atom stereocenters. The summed E-state index contributed by atoms with van der Waals surface area (Å²) in [5.41, 5.74) is 5.81. The van der Waals surface area contributed by atoms with Crippen LogP contribution in [0.3, 0.4) is 0 Å². The Kier molecular flexibility index (Phi) is 7.39. The lowest BCUT2D eigenvalue weighted by Gasteiger charge is -2.31. The van der Waals surface area contributed by atoms with Crippen LogP contribution in [0.4, 0.5) is 0 Å². The van der Waals surface area contributed by atoms with Gasteiger partial charge in [-0.15, -0.1) is 0 Å². The van der Waals surface area contributed by atoms with Crippen LogP contribution in [0.15, 0.2) is 0 Å². The molecule has 0 aromatic heterocycles. The Labute approximate surface area is 117 Å². The fourth-order valence-electron chi connectivity index (χ4n) is 2.62. The highest BCUT2D eigenvalue weighted by Crippen LogP contribution is 2.29. The van der Waals surface area contributed by atoms with Crippen molar-refractivity contribution in [3.63, 3.8) is 0 Å². The average molecular weight is 270 g/mol. The van der Waals surface area contributed by atoms with E-state index in [-0.39, 0.29) is 18.1 Å². The van der Waals surface area contributed by atoms with Crippen LogP contribution in [0, 0.1) is 11.8 Å². The first-order valence-electron chi connectivity index (χ1n) is 7.70. The molecule has 0 heterocycles. The Balaban J connectivity index is 2.31. The van der Waals surface area contributed by atoms with Crippen molar-refractivity contribution in [2.75, 3.05) is 13.2 Å². The molecule has 0 aliphatic heterocycles. The van der Waals surface area contributed by atoms with Crippen molar-refractivity contribution in [1.82, 2.24) is 5.32 Å². The topological polar surface area (TPSA) is 64.3 Å². The monoisotopic (exact) mass is 270 g/mol. The molecule has 1 fully saturated rings. The van der Waals surface area contributed by atoms with Crippen LogP contribution < -0.4 is 11.1 Å². The molecule has 4 nitrogen and oxygen atoms in total. The molecule has 1 rings (SSSR count). The zero-order chi connectivity index (χ0) is 14.3. The number of hydrogen-bond acceptors (Lipinski definition) is 3. The van der Waals surface area contributed by atoms with Gasteiger partial charge >= 0.3 is 0 Å². The molecule has 0 aromatic carbocycles. The molecular weight excluding hydrogens is 240 g/mol. The van der Waals surface area contributed by atoms with Gasteiger partial charge in [-0.1, -0.05) is 19.8 Å². The number of rotatable bonds is 7. The Morgan fingerprint density at radius 2 is 1.95 bits per heavy atom. The van der Waals surface area contributed by atoms with Gasteiger partial charge in [-0.05, 0) is 51.5 Å². The maximum Gasteiger partial charge on any atom is 0.249 e. The van der Waals surface area contributed by atoms with E-state index in [9.17, 15) is 4.79 Å². The van der Waals surface area contributed by atoms with Crippen molar-refractivity contribution < 1.29 is 9.53 Å². The molecular formula is C15H30N2O2. The Hall–Kier alpha value is -0.610. The highest BCUT2D eigenvalue weighted by atomic mass is 16.5.